The number of aromatic carboxylic acids is 1. The van der Waals surface area contributed by atoms with Crippen LogP contribution in [0.2, 0.25) is 0 Å². The Hall–Kier alpha value is -5.27. The largest absolute Gasteiger partial charge is 3.00 e. The van der Waals surface area contributed by atoms with E-state index in [0.29, 0.717) is 12.1 Å². The third-order valence-electron chi connectivity index (χ3n) is 6.06. The van der Waals surface area contributed by atoms with E-state index >= 15 is 0 Å². The van der Waals surface area contributed by atoms with Gasteiger partial charge >= 0.3 is 26.1 Å². The standard InChI is InChI=1S/2C12H9F2NO2.C6H5NO3.Ir/c2*13-8-3-4-9(10(14)7-8)12(11(16)17)5-1-2-6-15-12;8-4-2-1-3-7-5(4)6(9)10;/h2*1-7,15H,(H,16,17);1-3,8H,(H,9,10);/q;;;+3/p-3. The van der Waals surface area contributed by atoms with Gasteiger partial charge in [-0.1, -0.05) is 36.1 Å². The van der Waals surface area contributed by atoms with Crippen molar-refractivity contribution >= 4 is 17.9 Å². The van der Waals surface area contributed by atoms with Gasteiger partial charge in [0.1, 0.15) is 40.0 Å². The number of aromatic nitrogens is 1. The van der Waals surface area contributed by atoms with Crippen LogP contribution in [0.15, 0.2) is 104 Å². The smallest absolute Gasteiger partial charge is 0.871 e. The second-order valence-electron chi connectivity index (χ2n) is 8.82. The predicted octanol–water partition coefficient (Wildman–Crippen LogP) is 1.02. The first-order valence-electron chi connectivity index (χ1n) is 12.3. The van der Waals surface area contributed by atoms with Gasteiger partial charge in [0.25, 0.3) is 0 Å². The summed E-state index contributed by atoms with van der Waals surface area (Å²) in [6, 6.07) is 7.98. The van der Waals surface area contributed by atoms with E-state index in [2.05, 4.69) is 15.6 Å². The zero-order chi connectivity index (χ0) is 32.5. The van der Waals surface area contributed by atoms with Gasteiger partial charge in [-0.05, 0) is 54.9 Å². The molecule has 2 aliphatic heterocycles. The molecule has 0 amide bonds. The average molecular weight is 803 g/mol. The van der Waals surface area contributed by atoms with Crippen molar-refractivity contribution in [2.75, 3.05) is 0 Å². The van der Waals surface area contributed by atoms with E-state index in [-0.39, 0.29) is 31.2 Å². The quantitative estimate of drug-likeness (QED) is 0.316. The number of rotatable bonds is 5. The zero-order valence-corrected chi connectivity index (χ0v) is 24.9. The van der Waals surface area contributed by atoms with E-state index in [1.165, 1.54) is 49.0 Å². The SMILES string of the molecule is O=C(O)c1ncccc1[O-].O=C([O-])C1(c2ccc(F)cc2F)C=CC=CN1.O=C([O-])C1(c2ccc(F)cc2F)C=CC=CN1.[Ir+3]. The molecule has 5 rings (SSSR count). The molecular formula is C30H20F4IrN3O7. The minimum Gasteiger partial charge on any atom is -0.871 e. The summed E-state index contributed by atoms with van der Waals surface area (Å²) in [4.78, 5) is 35.9. The molecule has 1 aromatic heterocycles. The molecule has 45 heavy (non-hydrogen) atoms. The van der Waals surface area contributed by atoms with E-state index in [4.69, 9.17) is 5.11 Å². The molecule has 10 nitrogen and oxygen atoms in total. The molecule has 3 N–H and O–H groups in total. The summed E-state index contributed by atoms with van der Waals surface area (Å²) < 4.78 is 52.8. The Kier molecular flexibility index (Phi) is 12.3. The van der Waals surface area contributed by atoms with Gasteiger partial charge in [-0.3, -0.25) is 0 Å². The summed E-state index contributed by atoms with van der Waals surface area (Å²) in [5.41, 5.74) is -4.42. The summed E-state index contributed by atoms with van der Waals surface area (Å²) in [6.07, 6.45) is 12.5. The number of nitrogens with zero attached hydrogens (tertiary/aromatic N) is 1. The van der Waals surface area contributed by atoms with Crippen LogP contribution in [0.3, 0.4) is 0 Å². The Morgan fingerprint density at radius 2 is 1.18 bits per heavy atom. The maximum absolute atomic E-state index is 13.6. The van der Waals surface area contributed by atoms with Gasteiger partial charge in [0.15, 0.2) is 0 Å². The molecular weight excluding hydrogens is 783 g/mol. The van der Waals surface area contributed by atoms with Crippen molar-refractivity contribution in [1.29, 1.82) is 0 Å². The van der Waals surface area contributed by atoms with Crippen molar-refractivity contribution in [2.45, 2.75) is 11.1 Å². The zero-order valence-electron chi connectivity index (χ0n) is 22.5. The Morgan fingerprint density at radius 1 is 0.733 bits per heavy atom. The Bertz CT molecular complexity index is 1600. The summed E-state index contributed by atoms with van der Waals surface area (Å²) >= 11 is 0. The summed E-state index contributed by atoms with van der Waals surface area (Å²) in [7, 11) is 0. The number of benzene rings is 2. The van der Waals surface area contributed by atoms with Gasteiger partial charge < -0.3 is 40.6 Å². The van der Waals surface area contributed by atoms with Crippen LogP contribution in [0.5, 0.6) is 5.75 Å². The van der Waals surface area contributed by atoms with Crippen LogP contribution in [-0.4, -0.2) is 28.0 Å². The molecule has 2 aliphatic rings. The first-order valence-corrected chi connectivity index (χ1v) is 12.3. The van der Waals surface area contributed by atoms with E-state index in [1.54, 1.807) is 12.2 Å². The number of carbonyl (C=O) groups is 3. The summed E-state index contributed by atoms with van der Waals surface area (Å²) in [5.74, 6) is -8.29. The monoisotopic (exact) mass is 803 g/mol. The molecule has 0 spiro atoms. The second-order valence-corrected chi connectivity index (χ2v) is 8.82. The van der Waals surface area contributed by atoms with Crippen molar-refractivity contribution in [3.63, 3.8) is 0 Å². The number of carboxylic acids is 3. The normalized spacial score (nSPS) is 18.8. The van der Waals surface area contributed by atoms with Crippen molar-refractivity contribution in [1.82, 2.24) is 15.6 Å². The fourth-order valence-corrected chi connectivity index (χ4v) is 3.94. The van der Waals surface area contributed by atoms with Crippen LogP contribution in [-0.2, 0) is 40.8 Å². The van der Waals surface area contributed by atoms with Crippen molar-refractivity contribution in [3.05, 3.63) is 144 Å². The van der Waals surface area contributed by atoms with Crippen LogP contribution in [0.1, 0.15) is 21.6 Å². The first kappa shape index (κ1) is 35.9. The molecule has 3 heterocycles. The number of carbonyl (C=O) groups excluding carboxylic acids is 2. The molecule has 0 aliphatic carbocycles. The van der Waals surface area contributed by atoms with Gasteiger partial charge in [-0.25, -0.2) is 27.3 Å². The molecule has 2 unspecified atom stereocenters. The minimum atomic E-state index is -1.80. The topological polar surface area (TPSA) is 178 Å². The van der Waals surface area contributed by atoms with Gasteiger partial charge in [0.2, 0.25) is 0 Å². The molecule has 2 atom stereocenters. The molecule has 3 aromatic rings. The number of dihydropyridines is 2. The number of pyridine rings is 1. The van der Waals surface area contributed by atoms with E-state index in [1.807, 2.05) is 0 Å². The van der Waals surface area contributed by atoms with Crippen molar-refractivity contribution in [3.8, 4) is 5.75 Å². The number of hydrogen-bond acceptors (Lipinski definition) is 9. The Morgan fingerprint density at radius 3 is 1.47 bits per heavy atom. The molecule has 0 radical (unpaired) electrons. The number of carboxylic acid groups (broad SMARTS) is 3. The summed E-state index contributed by atoms with van der Waals surface area (Å²) in [6.45, 7) is 0. The Labute approximate surface area is 266 Å². The summed E-state index contributed by atoms with van der Waals surface area (Å²) in [5, 5.41) is 46.3. The van der Waals surface area contributed by atoms with Gasteiger partial charge in [-0.15, -0.1) is 0 Å². The molecule has 0 fully saturated rings. The number of aliphatic carboxylic acids is 2. The molecule has 2 aromatic carbocycles. The number of allylic oxidation sites excluding steroid dienone is 4. The van der Waals surface area contributed by atoms with Gasteiger partial charge in [-0.2, -0.15) is 0 Å². The first-order chi connectivity index (χ1) is 20.8. The van der Waals surface area contributed by atoms with Crippen molar-refractivity contribution in [2.24, 2.45) is 0 Å². The van der Waals surface area contributed by atoms with Crippen LogP contribution in [0.4, 0.5) is 17.6 Å². The fourth-order valence-electron chi connectivity index (χ4n) is 3.94. The molecule has 0 bridgehead atoms. The van der Waals surface area contributed by atoms with Gasteiger partial charge in [0.05, 0.1) is 11.9 Å². The number of hydrogen-bond donors (Lipinski definition) is 3. The third-order valence-corrected chi connectivity index (χ3v) is 6.06. The van der Waals surface area contributed by atoms with Crippen LogP contribution >= 0.6 is 0 Å². The third kappa shape index (κ3) is 8.22. The maximum atomic E-state index is 13.6. The molecule has 0 saturated carbocycles. The van der Waals surface area contributed by atoms with Crippen LogP contribution in [0, 0.1) is 23.3 Å². The average Bonchev–Trinajstić information content (AvgIpc) is 2.98. The Balaban J connectivity index is 0.000000241. The maximum Gasteiger partial charge on any atom is 3.00 e. The minimum absolute atomic E-state index is 0. The molecule has 15 heteroatoms. The second kappa shape index (κ2) is 15.5. The van der Waals surface area contributed by atoms with E-state index in [9.17, 15) is 47.3 Å². The van der Waals surface area contributed by atoms with E-state index in [0.717, 1.165) is 30.3 Å². The number of halogens is 4. The fraction of sp³-hybridized carbons (Fsp3) is 0.0667. The van der Waals surface area contributed by atoms with Crippen LogP contribution in [0.25, 0.3) is 0 Å². The predicted molar refractivity (Wildman–Crippen MR) is 140 cm³/mol. The number of nitrogens with one attached hydrogen (secondary N) is 2. The van der Waals surface area contributed by atoms with E-state index < -0.39 is 63.7 Å². The molecule has 234 valence electrons. The van der Waals surface area contributed by atoms with Crippen molar-refractivity contribution < 1.29 is 72.5 Å². The van der Waals surface area contributed by atoms with Crippen LogP contribution < -0.4 is 26.0 Å². The molecule has 0 saturated heterocycles. The van der Waals surface area contributed by atoms with Gasteiger partial charge in [0, 0.05) is 29.5 Å².